The maximum absolute atomic E-state index is 13.2. The van der Waals surface area contributed by atoms with Gasteiger partial charge in [0.25, 0.3) is 5.91 Å². The average molecular weight is 496 g/mol. The lowest BCUT2D eigenvalue weighted by Gasteiger charge is -2.30. The van der Waals surface area contributed by atoms with Crippen LogP contribution in [0, 0.1) is 18.3 Å². The number of benzene rings is 2. The predicted octanol–water partition coefficient (Wildman–Crippen LogP) is 5.97. The number of rotatable bonds is 8. The highest BCUT2D eigenvalue weighted by Crippen LogP contribution is 2.30. The number of aryl methyl sites for hydroxylation is 1. The molecule has 3 rings (SSSR count). The largest absolute Gasteiger partial charge is 0.462 e. The maximum atomic E-state index is 13.2. The van der Waals surface area contributed by atoms with Gasteiger partial charge < -0.3 is 10.1 Å². The van der Waals surface area contributed by atoms with Crippen molar-refractivity contribution in [2.45, 2.75) is 57.9 Å². The number of nitrogens with zero attached hydrogens (tertiary/aromatic N) is 2. The first-order valence-electron chi connectivity index (χ1n) is 11.5. The average Bonchev–Trinajstić information content (AvgIpc) is 2.83. The van der Waals surface area contributed by atoms with Gasteiger partial charge in [-0.05, 0) is 63.4 Å². The minimum absolute atomic E-state index is 0.0891. The van der Waals surface area contributed by atoms with Gasteiger partial charge in [-0.2, -0.15) is 18.4 Å². The summed E-state index contributed by atoms with van der Waals surface area (Å²) in [4.78, 5) is 16.9. The number of alkyl halides is 3. The Balaban J connectivity index is 1.79. The lowest BCUT2D eigenvalue weighted by Crippen LogP contribution is -2.51. The van der Waals surface area contributed by atoms with Crippen LogP contribution in [0.5, 0.6) is 5.88 Å². The monoisotopic (exact) mass is 495 g/mol. The molecule has 5 nitrogen and oxygen atoms in total. The van der Waals surface area contributed by atoms with Crippen LogP contribution in [0.3, 0.4) is 0 Å². The summed E-state index contributed by atoms with van der Waals surface area (Å²) in [5.41, 5.74) is 1.36. The van der Waals surface area contributed by atoms with E-state index in [0.717, 1.165) is 28.8 Å². The Bertz CT molecular complexity index is 1230. The fourth-order valence-corrected chi connectivity index (χ4v) is 3.80. The third kappa shape index (κ3) is 6.85. The van der Waals surface area contributed by atoms with Gasteiger partial charge in [0.05, 0.1) is 17.2 Å². The molecule has 2 atom stereocenters. The van der Waals surface area contributed by atoms with Gasteiger partial charge in [0.2, 0.25) is 5.88 Å². The zero-order valence-corrected chi connectivity index (χ0v) is 20.6. The van der Waals surface area contributed by atoms with Crippen molar-refractivity contribution >= 4 is 5.91 Å². The maximum Gasteiger partial charge on any atom is 0.417 e. The molecule has 0 saturated heterocycles. The molecule has 0 spiro atoms. The molecule has 1 amide bonds. The van der Waals surface area contributed by atoms with E-state index in [0.29, 0.717) is 18.2 Å². The van der Waals surface area contributed by atoms with Crippen molar-refractivity contribution < 1.29 is 22.7 Å². The highest BCUT2D eigenvalue weighted by Gasteiger charge is 2.34. The molecule has 0 aliphatic carbocycles. The number of pyridine rings is 1. The van der Waals surface area contributed by atoms with Crippen LogP contribution < -0.4 is 10.1 Å². The van der Waals surface area contributed by atoms with Crippen LogP contribution >= 0.6 is 0 Å². The Morgan fingerprint density at radius 2 is 1.81 bits per heavy atom. The summed E-state index contributed by atoms with van der Waals surface area (Å²) in [7, 11) is 0. The number of nitrogens with one attached hydrogen (secondary N) is 1. The first kappa shape index (κ1) is 26.7. The van der Waals surface area contributed by atoms with Crippen LogP contribution in [0.15, 0.2) is 66.9 Å². The molecule has 0 bridgehead atoms. The predicted molar refractivity (Wildman–Crippen MR) is 130 cm³/mol. The van der Waals surface area contributed by atoms with Gasteiger partial charge >= 0.3 is 6.18 Å². The van der Waals surface area contributed by atoms with Crippen LogP contribution in [0.4, 0.5) is 13.2 Å². The van der Waals surface area contributed by atoms with E-state index in [1.807, 2.05) is 56.3 Å². The summed E-state index contributed by atoms with van der Waals surface area (Å²) in [5, 5.41) is 12.3. The van der Waals surface area contributed by atoms with E-state index in [4.69, 9.17) is 4.74 Å². The molecule has 0 saturated carbocycles. The summed E-state index contributed by atoms with van der Waals surface area (Å²) in [6.07, 6.45) is -3.22. The van der Waals surface area contributed by atoms with Crippen molar-refractivity contribution in [3.8, 4) is 11.9 Å². The van der Waals surface area contributed by atoms with Crippen molar-refractivity contribution in [3.63, 3.8) is 0 Å². The van der Waals surface area contributed by atoms with Crippen LogP contribution in [-0.4, -0.2) is 22.5 Å². The van der Waals surface area contributed by atoms with Crippen molar-refractivity contribution in [2.24, 2.45) is 0 Å². The zero-order chi connectivity index (χ0) is 26.5. The van der Waals surface area contributed by atoms with Gasteiger partial charge in [-0.3, -0.25) is 4.79 Å². The summed E-state index contributed by atoms with van der Waals surface area (Å²) >= 11 is 0. The van der Waals surface area contributed by atoms with Crippen molar-refractivity contribution in [2.75, 3.05) is 0 Å². The first-order valence-corrected chi connectivity index (χ1v) is 11.5. The molecule has 1 aromatic heterocycles. The quantitative estimate of drug-likeness (QED) is 0.418. The Hall–Kier alpha value is -3.86. The SMILES string of the molecule is Cc1ccc(CC(c2cccc(C#N)c2)[C@H](C)NC(=O)C(C)(C)Oc2ccc(C(F)(F)F)cn2)cc1. The first-order chi connectivity index (χ1) is 16.9. The highest BCUT2D eigenvalue weighted by atomic mass is 19.4. The normalized spacial score (nSPS) is 13.4. The van der Waals surface area contributed by atoms with Crippen molar-refractivity contribution in [3.05, 3.63) is 94.7 Å². The van der Waals surface area contributed by atoms with Gasteiger partial charge in [-0.1, -0.05) is 42.0 Å². The van der Waals surface area contributed by atoms with Gasteiger partial charge in [0.15, 0.2) is 5.60 Å². The minimum atomic E-state index is -4.51. The molecule has 1 N–H and O–H groups in total. The van der Waals surface area contributed by atoms with Gasteiger partial charge in [0, 0.05) is 24.2 Å². The lowest BCUT2D eigenvalue weighted by atomic mass is 9.85. The number of hydrogen-bond donors (Lipinski definition) is 1. The van der Waals surface area contributed by atoms with E-state index < -0.39 is 23.2 Å². The van der Waals surface area contributed by atoms with E-state index in [1.54, 1.807) is 6.07 Å². The number of amides is 1. The Morgan fingerprint density at radius 1 is 1.11 bits per heavy atom. The van der Waals surface area contributed by atoms with Crippen LogP contribution in [0.1, 0.15) is 54.5 Å². The minimum Gasteiger partial charge on any atom is -0.462 e. The van der Waals surface area contributed by atoms with E-state index in [1.165, 1.54) is 13.8 Å². The van der Waals surface area contributed by atoms with Crippen LogP contribution in [0.25, 0.3) is 0 Å². The molecular weight excluding hydrogens is 467 g/mol. The molecule has 0 aliphatic rings. The number of halogens is 3. The van der Waals surface area contributed by atoms with E-state index >= 15 is 0 Å². The molecule has 188 valence electrons. The molecule has 36 heavy (non-hydrogen) atoms. The molecule has 1 unspecified atom stereocenters. The molecule has 2 aromatic carbocycles. The fraction of sp³-hybridized carbons (Fsp3) is 0.321. The van der Waals surface area contributed by atoms with E-state index in [9.17, 15) is 23.2 Å². The number of ether oxygens (including phenoxy) is 1. The van der Waals surface area contributed by atoms with Gasteiger partial charge in [0.1, 0.15) is 0 Å². The molecular formula is C28H28F3N3O2. The Kier molecular flexibility index (Phi) is 8.03. The topological polar surface area (TPSA) is 75.0 Å². The molecule has 3 aromatic rings. The second kappa shape index (κ2) is 10.8. The summed E-state index contributed by atoms with van der Waals surface area (Å²) < 4.78 is 44.1. The summed E-state index contributed by atoms with van der Waals surface area (Å²) in [6.45, 7) is 6.94. The third-order valence-electron chi connectivity index (χ3n) is 5.95. The Morgan fingerprint density at radius 3 is 2.39 bits per heavy atom. The smallest absolute Gasteiger partial charge is 0.417 e. The van der Waals surface area contributed by atoms with E-state index in [-0.39, 0.29) is 17.8 Å². The highest BCUT2D eigenvalue weighted by molar-refractivity contribution is 5.85. The number of carbonyl (C=O) groups excluding carboxylic acids is 1. The number of carbonyl (C=O) groups is 1. The second-order valence-electron chi connectivity index (χ2n) is 9.29. The second-order valence-corrected chi connectivity index (χ2v) is 9.29. The molecule has 0 fully saturated rings. The van der Waals surface area contributed by atoms with Gasteiger partial charge in [-0.15, -0.1) is 0 Å². The summed E-state index contributed by atoms with van der Waals surface area (Å²) in [6, 6.07) is 19.2. The van der Waals surface area contributed by atoms with Crippen molar-refractivity contribution in [1.82, 2.24) is 10.3 Å². The van der Waals surface area contributed by atoms with Crippen LogP contribution in [0.2, 0.25) is 0 Å². The third-order valence-corrected chi connectivity index (χ3v) is 5.95. The summed E-state index contributed by atoms with van der Waals surface area (Å²) in [5.74, 6) is -0.680. The molecule has 8 heteroatoms. The number of nitriles is 1. The Labute approximate surface area is 208 Å². The van der Waals surface area contributed by atoms with Crippen LogP contribution in [-0.2, 0) is 17.4 Å². The molecule has 0 aliphatic heterocycles. The standard InChI is InChI=1S/C28H28F3N3O2/c1-18-8-10-20(11-9-18)15-24(22-7-5-6-21(14-22)16-32)19(2)34-26(35)27(3,4)36-25-13-12-23(17-33-25)28(29,30)31/h5-14,17,19,24H,15H2,1-4H3,(H,34,35)/t19-,24?/m0/s1. The fourth-order valence-electron chi connectivity index (χ4n) is 3.80. The van der Waals surface area contributed by atoms with Crippen molar-refractivity contribution in [1.29, 1.82) is 5.26 Å². The number of aromatic nitrogens is 1. The molecule has 1 heterocycles. The zero-order valence-electron chi connectivity index (χ0n) is 20.6. The van der Waals surface area contributed by atoms with Gasteiger partial charge in [-0.25, -0.2) is 4.98 Å². The number of hydrogen-bond acceptors (Lipinski definition) is 4. The van der Waals surface area contributed by atoms with E-state index in [2.05, 4.69) is 16.4 Å². The molecule has 0 radical (unpaired) electrons. The lowest BCUT2D eigenvalue weighted by molar-refractivity contribution is -0.138.